The topological polar surface area (TPSA) is 46.3 Å². The quantitative estimate of drug-likeness (QED) is 0.842. The van der Waals surface area contributed by atoms with Gasteiger partial charge in [-0.25, -0.2) is 0 Å². The van der Waals surface area contributed by atoms with Crippen LogP contribution in [0, 0.1) is 0 Å². The van der Waals surface area contributed by atoms with Crippen molar-refractivity contribution in [3.05, 3.63) is 35.4 Å². The predicted molar refractivity (Wildman–Crippen MR) is 75.7 cm³/mol. The van der Waals surface area contributed by atoms with Gasteiger partial charge >= 0.3 is 6.18 Å². The van der Waals surface area contributed by atoms with Crippen LogP contribution in [0.15, 0.2) is 24.3 Å². The minimum Gasteiger partial charge on any atom is -0.342 e. The molecule has 0 saturated heterocycles. The molecular formula is C15H21F3N2O. The van der Waals surface area contributed by atoms with Crippen LogP contribution in [0.3, 0.4) is 0 Å². The molecule has 1 amide bonds. The number of rotatable bonds is 7. The van der Waals surface area contributed by atoms with Crippen LogP contribution in [-0.4, -0.2) is 30.4 Å². The molecule has 1 aromatic rings. The largest absolute Gasteiger partial charge is 0.416 e. The molecule has 3 nitrogen and oxygen atoms in total. The van der Waals surface area contributed by atoms with Crippen molar-refractivity contribution in [3.8, 4) is 0 Å². The number of nitrogens with zero attached hydrogens (tertiary/aromatic N) is 1. The van der Waals surface area contributed by atoms with Gasteiger partial charge in [0.15, 0.2) is 0 Å². The summed E-state index contributed by atoms with van der Waals surface area (Å²) in [5, 5.41) is 0. The Hall–Kier alpha value is -1.56. The van der Waals surface area contributed by atoms with Gasteiger partial charge in [0.2, 0.25) is 5.91 Å². The lowest BCUT2D eigenvalue weighted by atomic mass is 10.1. The Morgan fingerprint density at radius 3 is 2.29 bits per heavy atom. The maximum absolute atomic E-state index is 12.5. The third-order valence-corrected chi connectivity index (χ3v) is 3.11. The van der Waals surface area contributed by atoms with Crippen molar-refractivity contribution in [1.82, 2.24) is 4.90 Å². The first-order chi connectivity index (χ1) is 9.88. The molecule has 0 aliphatic carbocycles. The standard InChI is InChI=1S/C15H21F3N2O/c1-2-9-20(10-3-8-19)14(21)11-12-4-6-13(7-5-12)15(16,17)18/h4-7H,2-3,8-11,19H2,1H3. The van der Waals surface area contributed by atoms with E-state index in [4.69, 9.17) is 5.73 Å². The highest BCUT2D eigenvalue weighted by molar-refractivity contribution is 5.78. The van der Waals surface area contributed by atoms with Gasteiger partial charge in [-0.2, -0.15) is 13.2 Å². The van der Waals surface area contributed by atoms with E-state index in [0.717, 1.165) is 25.0 Å². The molecule has 0 spiro atoms. The highest BCUT2D eigenvalue weighted by Gasteiger charge is 2.30. The fourth-order valence-corrected chi connectivity index (χ4v) is 2.01. The van der Waals surface area contributed by atoms with Crippen LogP contribution in [0.2, 0.25) is 0 Å². The third-order valence-electron chi connectivity index (χ3n) is 3.11. The van der Waals surface area contributed by atoms with Crippen LogP contribution >= 0.6 is 0 Å². The van der Waals surface area contributed by atoms with Crippen LogP contribution in [-0.2, 0) is 17.4 Å². The summed E-state index contributed by atoms with van der Waals surface area (Å²) in [6.45, 7) is 3.71. The number of nitrogens with two attached hydrogens (primary N) is 1. The number of carbonyl (C=O) groups is 1. The van der Waals surface area contributed by atoms with Crippen molar-refractivity contribution in [1.29, 1.82) is 0 Å². The number of halogens is 3. The molecule has 0 atom stereocenters. The lowest BCUT2D eigenvalue weighted by molar-refractivity contribution is -0.137. The number of carbonyl (C=O) groups excluding carboxylic acids is 1. The third kappa shape index (κ3) is 5.75. The highest BCUT2D eigenvalue weighted by atomic mass is 19.4. The van der Waals surface area contributed by atoms with E-state index < -0.39 is 11.7 Å². The monoisotopic (exact) mass is 302 g/mol. The van der Waals surface area contributed by atoms with Gasteiger partial charge in [-0.15, -0.1) is 0 Å². The Balaban J connectivity index is 2.67. The van der Waals surface area contributed by atoms with E-state index in [1.54, 1.807) is 4.90 Å². The molecule has 21 heavy (non-hydrogen) atoms. The minimum absolute atomic E-state index is 0.0786. The second-order valence-electron chi connectivity index (χ2n) is 4.89. The first kappa shape index (κ1) is 17.5. The van der Waals surface area contributed by atoms with E-state index in [0.29, 0.717) is 25.2 Å². The molecule has 0 radical (unpaired) electrons. The van der Waals surface area contributed by atoms with Gasteiger partial charge < -0.3 is 10.6 Å². The number of amides is 1. The fraction of sp³-hybridized carbons (Fsp3) is 0.533. The summed E-state index contributed by atoms with van der Waals surface area (Å²) in [5.74, 6) is -0.0786. The summed E-state index contributed by atoms with van der Waals surface area (Å²) in [6.07, 6.45) is -2.68. The van der Waals surface area contributed by atoms with Crippen molar-refractivity contribution in [2.45, 2.75) is 32.4 Å². The molecule has 0 bridgehead atoms. The molecule has 0 aromatic heterocycles. The second-order valence-corrected chi connectivity index (χ2v) is 4.89. The zero-order chi connectivity index (χ0) is 15.9. The van der Waals surface area contributed by atoms with Crippen molar-refractivity contribution >= 4 is 5.91 Å². The average molecular weight is 302 g/mol. The lowest BCUT2D eigenvalue weighted by Gasteiger charge is -2.22. The van der Waals surface area contributed by atoms with Gasteiger partial charge in [-0.1, -0.05) is 19.1 Å². The SMILES string of the molecule is CCCN(CCCN)C(=O)Cc1ccc(C(F)(F)F)cc1. The molecule has 6 heteroatoms. The van der Waals surface area contributed by atoms with Crippen molar-refractivity contribution < 1.29 is 18.0 Å². The van der Waals surface area contributed by atoms with E-state index in [-0.39, 0.29) is 12.3 Å². The van der Waals surface area contributed by atoms with Gasteiger partial charge in [0.1, 0.15) is 0 Å². The summed E-state index contributed by atoms with van der Waals surface area (Å²) in [6, 6.07) is 4.72. The zero-order valence-electron chi connectivity index (χ0n) is 12.1. The van der Waals surface area contributed by atoms with Crippen LogP contribution in [0.25, 0.3) is 0 Å². The van der Waals surface area contributed by atoms with E-state index in [1.165, 1.54) is 12.1 Å². The number of benzene rings is 1. The second kappa shape index (κ2) is 8.02. The summed E-state index contributed by atoms with van der Waals surface area (Å²) in [5.41, 5.74) is 5.32. The van der Waals surface area contributed by atoms with Gasteiger partial charge in [0, 0.05) is 13.1 Å². The molecule has 1 rings (SSSR count). The van der Waals surface area contributed by atoms with Gasteiger partial charge in [0.05, 0.1) is 12.0 Å². The molecule has 0 heterocycles. The van der Waals surface area contributed by atoms with Crippen molar-refractivity contribution in [2.75, 3.05) is 19.6 Å². The molecule has 1 aromatic carbocycles. The first-order valence-electron chi connectivity index (χ1n) is 7.02. The lowest BCUT2D eigenvalue weighted by Crippen LogP contribution is -2.34. The molecule has 2 N–H and O–H groups in total. The maximum atomic E-state index is 12.5. The average Bonchev–Trinajstić information content (AvgIpc) is 2.43. The summed E-state index contributed by atoms with van der Waals surface area (Å²) in [4.78, 5) is 13.9. The molecule has 0 aliphatic rings. The predicted octanol–water partition coefficient (Wildman–Crippen LogP) is 2.84. The van der Waals surface area contributed by atoms with Crippen molar-refractivity contribution in [2.24, 2.45) is 5.73 Å². The van der Waals surface area contributed by atoms with E-state index in [2.05, 4.69) is 0 Å². The molecule has 118 valence electrons. The van der Waals surface area contributed by atoms with Gasteiger partial charge in [0.25, 0.3) is 0 Å². The Bertz CT molecular complexity index is 443. The number of hydrogen-bond acceptors (Lipinski definition) is 2. The Morgan fingerprint density at radius 1 is 1.19 bits per heavy atom. The maximum Gasteiger partial charge on any atom is 0.416 e. The normalized spacial score (nSPS) is 11.5. The summed E-state index contributed by atoms with van der Waals surface area (Å²) >= 11 is 0. The molecule has 0 unspecified atom stereocenters. The minimum atomic E-state index is -4.35. The van der Waals surface area contributed by atoms with E-state index in [1.807, 2.05) is 6.92 Å². The summed E-state index contributed by atoms with van der Waals surface area (Å²) < 4.78 is 37.4. The van der Waals surface area contributed by atoms with Crippen LogP contribution < -0.4 is 5.73 Å². The number of alkyl halides is 3. The van der Waals surface area contributed by atoms with Crippen LogP contribution in [0.5, 0.6) is 0 Å². The molecule has 0 aliphatic heterocycles. The van der Waals surface area contributed by atoms with Gasteiger partial charge in [-0.3, -0.25) is 4.79 Å². The fourth-order valence-electron chi connectivity index (χ4n) is 2.01. The Kier molecular flexibility index (Phi) is 6.68. The Morgan fingerprint density at radius 2 is 1.81 bits per heavy atom. The van der Waals surface area contributed by atoms with Gasteiger partial charge in [-0.05, 0) is 37.1 Å². The van der Waals surface area contributed by atoms with E-state index in [9.17, 15) is 18.0 Å². The highest BCUT2D eigenvalue weighted by Crippen LogP contribution is 2.29. The van der Waals surface area contributed by atoms with E-state index >= 15 is 0 Å². The van der Waals surface area contributed by atoms with Crippen LogP contribution in [0.4, 0.5) is 13.2 Å². The smallest absolute Gasteiger partial charge is 0.342 e. The molecular weight excluding hydrogens is 281 g/mol. The Labute approximate surface area is 122 Å². The zero-order valence-corrected chi connectivity index (χ0v) is 12.1. The van der Waals surface area contributed by atoms with Crippen molar-refractivity contribution in [3.63, 3.8) is 0 Å². The van der Waals surface area contributed by atoms with Crippen LogP contribution in [0.1, 0.15) is 30.9 Å². The number of hydrogen-bond donors (Lipinski definition) is 1. The first-order valence-corrected chi connectivity index (χ1v) is 7.02. The summed E-state index contributed by atoms with van der Waals surface area (Å²) in [7, 11) is 0. The molecule has 0 fully saturated rings. The molecule has 0 saturated carbocycles.